The lowest BCUT2D eigenvalue weighted by atomic mass is 10.0. The molecule has 1 aliphatic carbocycles. The van der Waals surface area contributed by atoms with E-state index in [1.165, 1.54) is 7.11 Å². The molecule has 3 rings (SSSR count). The van der Waals surface area contributed by atoms with Crippen LogP contribution in [0.1, 0.15) is 15.9 Å². The van der Waals surface area contributed by atoms with Gasteiger partial charge in [0.05, 0.1) is 18.9 Å². The Hall–Kier alpha value is -2.10. The van der Waals surface area contributed by atoms with E-state index in [1.807, 2.05) is 13.0 Å². The van der Waals surface area contributed by atoms with Gasteiger partial charge in [-0.1, -0.05) is 11.2 Å². The van der Waals surface area contributed by atoms with Crippen LogP contribution in [0, 0.1) is 6.92 Å². The van der Waals surface area contributed by atoms with Crippen LogP contribution in [-0.2, 0) is 4.74 Å². The summed E-state index contributed by atoms with van der Waals surface area (Å²) in [6, 6.07) is 3.66. The third-order valence-electron chi connectivity index (χ3n) is 2.96. The molecular formula is C12H9NO3. The number of carbonyl (C=O) groups is 1. The minimum atomic E-state index is -0.353. The number of fused-ring (bicyclic) bond motifs is 5. The first-order valence-electron chi connectivity index (χ1n) is 4.91. The molecule has 1 aromatic carbocycles. The zero-order valence-corrected chi connectivity index (χ0v) is 8.90. The summed E-state index contributed by atoms with van der Waals surface area (Å²) in [5.41, 5.74) is 4.39. The molecule has 0 saturated carbocycles. The van der Waals surface area contributed by atoms with Gasteiger partial charge in [0.1, 0.15) is 0 Å². The maximum absolute atomic E-state index is 11.6. The zero-order chi connectivity index (χ0) is 11.3. The van der Waals surface area contributed by atoms with E-state index in [9.17, 15) is 4.79 Å². The molecule has 0 spiro atoms. The van der Waals surface area contributed by atoms with Crippen LogP contribution in [0.5, 0.6) is 0 Å². The molecule has 0 unspecified atom stereocenters. The summed E-state index contributed by atoms with van der Waals surface area (Å²) in [6.45, 7) is 1.96. The fourth-order valence-electron chi connectivity index (χ4n) is 2.19. The molecule has 1 aromatic heterocycles. The van der Waals surface area contributed by atoms with Crippen LogP contribution < -0.4 is 0 Å². The summed E-state index contributed by atoms with van der Waals surface area (Å²) < 4.78 is 9.94. The Balaban J connectivity index is 2.33. The Morgan fingerprint density at radius 3 is 2.94 bits per heavy atom. The first-order valence-corrected chi connectivity index (χ1v) is 4.91. The summed E-state index contributed by atoms with van der Waals surface area (Å²) in [5.74, 6) is 0.312. The van der Waals surface area contributed by atoms with Gasteiger partial charge in [0.25, 0.3) is 0 Å². The number of rotatable bonds is 1. The normalized spacial score (nSPS) is 11.4. The van der Waals surface area contributed by atoms with Crippen LogP contribution in [0.2, 0.25) is 0 Å². The lowest BCUT2D eigenvalue weighted by Crippen LogP contribution is -2.03. The molecule has 2 aromatic rings. The quantitative estimate of drug-likeness (QED) is 0.585. The van der Waals surface area contributed by atoms with Gasteiger partial charge < -0.3 is 9.26 Å². The van der Waals surface area contributed by atoms with Crippen molar-refractivity contribution in [2.24, 2.45) is 0 Å². The summed E-state index contributed by atoms with van der Waals surface area (Å²) in [5, 5.41) is 3.75. The smallest absolute Gasteiger partial charge is 0.338 e. The Kier molecular flexibility index (Phi) is 1.68. The van der Waals surface area contributed by atoms with E-state index in [-0.39, 0.29) is 5.97 Å². The van der Waals surface area contributed by atoms with E-state index in [0.29, 0.717) is 11.3 Å². The molecular weight excluding hydrogens is 206 g/mol. The number of hydrogen-bond donors (Lipinski definition) is 0. The third-order valence-corrected chi connectivity index (χ3v) is 2.96. The van der Waals surface area contributed by atoms with Crippen molar-refractivity contribution in [2.75, 3.05) is 7.11 Å². The number of nitrogens with zero attached hydrogens (tertiary/aromatic N) is 1. The van der Waals surface area contributed by atoms with Crippen molar-refractivity contribution in [2.45, 2.75) is 6.92 Å². The molecule has 1 heterocycles. The van der Waals surface area contributed by atoms with Crippen molar-refractivity contribution in [3.05, 3.63) is 29.5 Å². The highest BCUT2D eigenvalue weighted by Gasteiger charge is 2.30. The van der Waals surface area contributed by atoms with Crippen molar-refractivity contribution >= 4 is 5.97 Å². The second kappa shape index (κ2) is 2.95. The van der Waals surface area contributed by atoms with E-state index in [4.69, 9.17) is 9.26 Å². The molecule has 16 heavy (non-hydrogen) atoms. The number of methoxy groups -OCH3 is 1. The fourth-order valence-corrected chi connectivity index (χ4v) is 2.19. The lowest BCUT2D eigenvalue weighted by Gasteiger charge is -2.05. The van der Waals surface area contributed by atoms with Gasteiger partial charge in [-0.15, -0.1) is 0 Å². The highest BCUT2D eigenvalue weighted by atomic mass is 16.5. The number of ether oxygens (including phenoxy) is 1. The van der Waals surface area contributed by atoms with Crippen molar-refractivity contribution in [1.29, 1.82) is 0 Å². The number of esters is 1. The van der Waals surface area contributed by atoms with Gasteiger partial charge in [0.15, 0.2) is 5.76 Å². The van der Waals surface area contributed by atoms with Crippen molar-refractivity contribution in [3.8, 4) is 22.5 Å². The number of benzene rings is 1. The maximum atomic E-state index is 11.6. The second-order valence-corrected chi connectivity index (χ2v) is 3.72. The minimum absolute atomic E-state index is 0.353. The number of hydrogen-bond acceptors (Lipinski definition) is 4. The highest BCUT2D eigenvalue weighted by Crippen LogP contribution is 2.46. The van der Waals surface area contributed by atoms with Gasteiger partial charge >= 0.3 is 5.97 Å². The summed E-state index contributed by atoms with van der Waals surface area (Å²) in [6.07, 6.45) is 1.67. The predicted molar refractivity (Wildman–Crippen MR) is 57.0 cm³/mol. The van der Waals surface area contributed by atoms with Gasteiger partial charge in [-0.25, -0.2) is 4.79 Å². The maximum Gasteiger partial charge on any atom is 0.338 e. The van der Waals surface area contributed by atoms with Gasteiger partial charge in [-0.2, -0.15) is 0 Å². The summed E-state index contributed by atoms with van der Waals surface area (Å²) in [4.78, 5) is 11.6. The predicted octanol–water partition coefficient (Wildman–Crippen LogP) is 2.42. The molecule has 1 aliphatic rings. The molecule has 0 radical (unpaired) electrons. The van der Waals surface area contributed by atoms with E-state index < -0.39 is 0 Å². The first-order chi connectivity index (χ1) is 7.74. The van der Waals surface area contributed by atoms with E-state index in [0.717, 1.165) is 22.3 Å². The van der Waals surface area contributed by atoms with Crippen LogP contribution in [0.3, 0.4) is 0 Å². The molecule has 0 aliphatic heterocycles. The van der Waals surface area contributed by atoms with Gasteiger partial charge in [-0.3, -0.25) is 0 Å². The average molecular weight is 215 g/mol. The topological polar surface area (TPSA) is 52.3 Å². The van der Waals surface area contributed by atoms with Crippen molar-refractivity contribution < 1.29 is 14.1 Å². The fraction of sp³-hybridized carbons (Fsp3) is 0.167. The van der Waals surface area contributed by atoms with Gasteiger partial charge in [-0.05, 0) is 24.1 Å². The SMILES string of the molecule is COC(=O)c1ccc2c(C)c1-c1oncc1-2. The average Bonchev–Trinajstić information content (AvgIpc) is 2.80. The highest BCUT2D eigenvalue weighted by molar-refractivity contribution is 6.04. The molecule has 2 bridgehead atoms. The first kappa shape index (κ1) is 9.15. The van der Waals surface area contributed by atoms with Crippen LogP contribution in [0.25, 0.3) is 22.5 Å². The molecule has 4 nitrogen and oxygen atoms in total. The Morgan fingerprint density at radius 1 is 1.38 bits per heavy atom. The van der Waals surface area contributed by atoms with Crippen LogP contribution in [-0.4, -0.2) is 18.2 Å². The van der Waals surface area contributed by atoms with Crippen LogP contribution >= 0.6 is 0 Å². The molecule has 0 fully saturated rings. The molecule has 0 atom stereocenters. The van der Waals surface area contributed by atoms with E-state index in [2.05, 4.69) is 5.16 Å². The Bertz CT molecular complexity index is 598. The molecule has 80 valence electrons. The van der Waals surface area contributed by atoms with Gasteiger partial charge in [0, 0.05) is 11.1 Å². The summed E-state index contributed by atoms with van der Waals surface area (Å²) >= 11 is 0. The van der Waals surface area contributed by atoms with E-state index >= 15 is 0 Å². The van der Waals surface area contributed by atoms with Crippen LogP contribution in [0.15, 0.2) is 22.9 Å². The molecule has 0 amide bonds. The largest absolute Gasteiger partial charge is 0.465 e. The second-order valence-electron chi connectivity index (χ2n) is 3.72. The van der Waals surface area contributed by atoms with Gasteiger partial charge in [0.2, 0.25) is 0 Å². The molecule has 4 heteroatoms. The lowest BCUT2D eigenvalue weighted by molar-refractivity contribution is 0.0601. The number of carbonyl (C=O) groups excluding carboxylic acids is 1. The van der Waals surface area contributed by atoms with Crippen molar-refractivity contribution in [1.82, 2.24) is 5.16 Å². The zero-order valence-electron chi connectivity index (χ0n) is 8.90. The van der Waals surface area contributed by atoms with E-state index in [1.54, 1.807) is 12.3 Å². The van der Waals surface area contributed by atoms with Crippen LogP contribution in [0.4, 0.5) is 0 Å². The Labute approximate surface area is 91.8 Å². The monoisotopic (exact) mass is 215 g/mol. The standard InChI is InChI=1S/C12H9NO3/c1-6-7-3-4-8(12(14)15-2)10(6)11-9(7)5-13-16-11/h3-5H,1-2H3. The third kappa shape index (κ3) is 0.934. The minimum Gasteiger partial charge on any atom is -0.465 e. The summed E-state index contributed by atoms with van der Waals surface area (Å²) in [7, 11) is 1.37. The number of aromatic nitrogens is 1. The molecule has 0 saturated heterocycles. The Morgan fingerprint density at radius 2 is 2.19 bits per heavy atom. The molecule has 0 N–H and O–H groups in total. The van der Waals surface area contributed by atoms with Crippen molar-refractivity contribution in [3.63, 3.8) is 0 Å².